The van der Waals surface area contributed by atoms with Crippen LogP contribution in [0, 0.1) is 0 Å². The van der Waals surface area contributed by atoms with Crippen molar-refractivity contribution in [3.05, 3.63) is 27.2 Å². The number of nitrogens with two attached hydrogens (primary N) is 2. The second-order valence-electron chi connectivity index (χ2n) is 2.67. The summed E-state index contributed by atoms with van der Waals surface area (Å²) in [6, 6.07) is 2.91. The number of phenols is 1. The third kappa shape index (κ3) is 2.34. The first-order valence-electron chi connectivity index (χ1n) is 3.69. The molecule has 0 radical (unpaired) electrons. The quantitative estimate of drug-likeness (QED) is 0.763. The van der Waals surface area contributed by atoms with E-state index in [0.29, 0.717) is 5.56 Å². The standard InChI is InChI=1S/C8H10BrClN2O/c9-4-1-5(7(12)3-11)8(13)6(10)2-4/h1-2,7,13H,3,11-12H2/t7-/m1/s1. The van der Waals surface area contributed by atoms with Crippen molar-refractivity contribution in [1.29, 1.82) is 0 Å². The molecule has 0 bridgehead atoms. The zero-order valence-electron chi connectivity index (χ0n) is 6.80. The highest BCUT2D eigenvalue weighted by Gasteiger charge is 2.12. The number of hydrogen-bond acceptors (Lipinski definition) is 3. The Bertz CT molecular complexity index is 319. The molecule has 5 N–H and O–H groups in total. The Kier molecular flexibility index (Phi) is 3.55. The molecule has 72 valence electrons. The Hall–Kier alpha value is -0.290. The van der Waals surface area contributed by atoms with Crippen molar-refractivity contribution in [3.8, 4) is 5.75 Å². The van der Waals surface area contributed by atoms with Gasteiger partial charge in [0.1, 0.15) is 5.75 Å². The molecular formula is C8H10BrClN2O. The molecule has 0 aliphatic rings. The van der Waals surface area contributed by atoms with E-state index in [1.54, 1.807) is 12.1 Å². The first-order valence-corrected chi connectivity index (χ1v) is 4.87. The maximum atomic E-state index is 9.54. The van der Waals surface area contributed by atoms with Crippen molar-refractivity contribution in [3.63, 3.8) is 0 Å². The van der Waals surface area contributed by atoms with Crippen LogP contribution in [0.5, 0.6) is 5.75 Å². The van der Waals surface area contributed by atoms with E-state index in [0.717, 1.165) is 4.47 Å². The fraction of sp³-hybridized carbons (Fsp3) is 0.250. The van der Waals surface area contributed by atoms with Crippen LogP contribution in [0.2, 0.25) is 5.02 Å². The molecule has 5 heteroatoms. The van der Waals surface area contributed by atoms with Gasteiger partial charge in [0.2, 0.25) is 0 Å². The van der Waals surface area contributed by atoms with E-state index >= 15 is 0 Å². The number of aromatic hydroxyl groups is 1. The van der Waals surface area contributed by atoms with Crippen molar-refractivity contribution in [1.82, 2.24) is 0 Å². The average molecular weight is 266 g/mol. The molecular weight excluding hydrogens is 255 g/mol. The van der Waals surface area contributed by atoms with Gasteiger partial charge in [0, 0.05) is 22.6 Å². The Labute approximate surface area is 89.8 Å². The van der Waals surface area contributed by atoms with E-state index in [1.807, 2.05) is 0 Å². The summed E-state index contributed by atoms with van der Waals surface area (Å²) in [5.41, 5.74) is 11.6. The second-order valence-corrected chi connectivity index (χ2v) is 3.99. The Balaban J connectivity index is 3.20. The molecule has 0 heterocycles. The minimum absolute atomic E-state index is 0.00261. The number of halogens is 2. The normalized spacial score (nSPS) is 12.9. The number of benzene rings is 1. The summed E-state index contributed by atoms with van der Waals surface area (Å²) >= 11 is 9.00. The van der Waals surface area contributed by atoms with Gasteiger partial charge in [-0.1, -0.05) is 27.5 Å². The van der Waals surface area contributed by atoms with Gasteiger partial charge in [0.25, 0.3) is 0 Å². The molecule has 0 aliphatic heterocycles. The maximum Gasteiger partial charge on any atom is 0.139 e. The van der Waals surface area contributed by atoms with Crippen molar-refractivity contribution in [2.24, 2.45) is 11.5 Å². The second kappa shape index (κ2) is 4.28. The van der Waals surface area contributed by atoms with Crippen molar-refractivity contribution < 1.29 is 5.11 Å². The van der Waals surface area contributed by atoms with E-state index < -0.39 is 6.04 Å². The van der Waals surface area contributed by atoms with Crippen molar-refractivity contribution >= 4 is 27.5 Å². The van der Waals surface area contributed by atoms with Crippen LogP contribution in [0.15, 0.2) is 16.6 Å². The first-order chi connectivity index (χ1) is 6.06. The lowest BCUT2D eigenvalue weighted by atomic mass is 10.1. The molecule has 0 aliphatic carbocycles. The van der Waals surface area contributed by atoms with E-state index in [1.165, 1.54) is 0 Å². The SMILES string of the molecule is NC[C@@H](N)c1cc(Br)cc(Cl)c1O. The molecule has 0 spiro atoms. The monoisotopic (exact) mass is 264 g/mol. The summed E-state index contributed by atoms with van der Waals surface area (Å²) in [5, 5.41) is 9.81. The molecule has 0 amide bonds. The fourth-order valence-electron chi connectivity index (χ4n) is 0.996. The van der Waals surface area contributed by atoms with E-state index in [9.17, 15) is 5.11 Å². The van der Waals surface area contributed by atoms with Crippen LogP contribution in [-0.2, 0) is 0 Å². The number of hydrogen-bond donors (Lipinski definition) is 3. The molecule has 0 saturated carbocycles. The summed E-state index contributed by atoms with van der Waals surface area (Å²) in [7, 11) is 0. The molecule has 3 nitrogen and oxygen atoms in total. The van der Waals surface area contributed by atoms with Gasteiger partial charge >= 0.3 is 0 Å². The van der Waals surface area contributed by atoms with Crippen LogP contribution < -0.4 is 11.5 Å². The Morgan fingerprint density at radius 3 is 2.69 bits per heavy atom. The third-order valence-corrected chi connectivity index (χ3v) is 2.46. The molecule has 1 atom stereocenters. The highest BCUT2D eigenvalue weighted by atomic mass is 79.9. The molecule has 0 saturated heterocycles. The minimum atomic E-state index is -0.394. The van der Waals surface area contributed by atoms with E-state index in [2.05, 4.69) is 15.9 Å². The van der Waals surface area contributed by atoms with Gasteiger partial charge in [-0.25, -0.2) is 0 Å². The molecule has 0 aromatic heterocycles. The van der Waals surface area contributed by atoms with Gasteiger partial charge in [0.15, 0.2) is 0 Å². The van der Waals surface area contributed by atoms with Crippen LogP contribution in [0.1, 0.15) is 11.6 Å². The minimum Gasteiger partial charge on any atom is -0.506 e. The Morgan fingerprint density at radius 1 is 1.54 bits per heavy atom. The van der Waals surface area contributed by atoms with E-state index in [4.69, 9.17) is 23.1 Å². The van der Waals surface area contributed by atoms with Gasteiger partial charge in [0.05, 0.1) is 5.02 Å². The van der Waals surface area contributed by atoms with Crippen LogP contribution in [0.4, 0.5) is 0 Å². The predicted molar refractivity (Wildman–Crippen MR) is 56.8 cm³/mol. The lowest BCUT2D eigenvalue weighted by Crippen LogP contribution is -2.20. The largest absolute Gasteiger partial charge is 0.506 e. The van der Waals surface area contributed by atoms with Crippen LogP contribution in [-0.4, -0.2) is 11.7 Å². The van der Waals surface area contributed by atoms with Gasteiger partial charge in [-0.05, 0) is 12.1 Å². The fourth-order valence-corrected chi connectivity index (χ4v) is 1.83. The van der Waals surface area contributed by atoms with Gasteiger partial charge < -0.3 is 16.6 Å². The molecule has 13 heavy (non-hydrogen) atoms. The summed E-state index contributed by atoms with van der Waals surface area (Å²) in [4.78, 5) is 0. The lowest BCUT2D eigenvalue weighted by Gasteiger charge is -2.12. The zero-order chi connectivity index (χ0) is 10.0. The van der Waals surface area contributed by atoms with Crippen molar-refractivity contribution in [2.45, 2.75) is 6.04 Å². The summed E-state index contributed by atoms with van der Waals surface area (Å²) in [6.07, 6.45) is 0. The van der Waals surface area contributed by atoms with Crippen LogP contribution in [0.25, 0.3) is 0 Å². The van der Waals surface area contributed by atoms with Crippen LogP contribution in [0.3, 0.4) is 0 Å². The molecule has 1 aromatic carbocycles. The van der Waals surface area contributed by atoms with Gasteiger partial charge in [-0.2, -0.15) is 0 Å². The number of rotatable bonds is 2. The Morgan fingerprint density at radius 2 is 2.15 bits per heavy atom. The van der Waals surface area contributed by atoms with E-state index in [-0.39, 0.29) is 17.3 Å². The summed E-state index contributed by atoms with van der Waals surface area (Å²) in [5.74, 6) is 0.00261. The zero-order valence-corrected chi connectivity index (χ0v) is 9.14. The topological polar surface area (TPSA) is 72.3 Å². The first kappa shape index (κ1) is 10.8. The summed E-state index contributed by atoms with van der Waals surface area (Å²) in [6.45, 7) is 0.264. The third-order valence-electron chi connectivity index (χ3n) is 1.71. The number of phenolic OH excluding ortho intramolecular Hbond substituents is 1. The maximum absolute atomic E-state index is 9.54. The smallest absolute Gasteiger partial charge is 0.139 e. The predicted octanol–water partition coefficient (Wildman–Crippen LogP) is 1.77. The van der Waals surface area contributed by atoms with Gasteiger partial charge in [-0.15, -0.1) is 0 Å². The van der Waals surface area contributed by atoms with Crippen LogP contribution >= 0.6 is 27.5 Å². The lowest BCUT2D eigenvalue weighted by molar-refractivity contribution is 0.462. The summed E-state index contributed by atoms with van der Waals surface area (Å²) < 4.78 is 0.772. The molecule has 1 aromatic rings. The highest BCUT2D eigenvalue weighted by Crippen LogP contribution is 2.33. The molecule has 0 fully saturated rings. The van der Waals surface area contributed by atoms with Gasteiger partial charge in [-0.3, -0.25) is 0 Å². The molecule has 1 rings (SSSR count). The molecule has 0 unspecified atom stereocenters. The van der Waals surface area contributed by atoms with Crippen molar-refractivity contribution in [2.75, 3.05) is 6.54 Å². The highest BCUT2D eigenvalue weighted by molar-refractivity contribution is 9.10. The average Bonchev–Trinajstić information content (AvgIpc) is 2.10.